The number of hydrogen-bond acceptors (Lipinski definition) is 3. The molecular formula is C15H20ClN3O. The molecule has 0 fully saturated rings. The Morgan fingerprint density at radius 2 is 2.10 bits per heavy atom. The summed E-state index contributed by atoms with van der Waals surface area (Å²) in [5.74, 6) is 0.741. The van der Waals surface area contributed by atoms with Crippen molar-refractivity contribution in [3.8, 4) is 5.75 Å². The first-order valence-corrected chi connectivity index (χ1v) is 7.15. The van der Waals surface area contributed by atoms with E-state index in [9.17, 15) is 0 Å². The number of ether oxygens (including phenoxy) is 1. The molecule has 0 aliphatic carbocycles. The van der Waals surface area contributed by atoms with Crippen LogP contribution in [0.1, 0.15) is 12.6 Å². The summed E-state index contributed by atoms with van der Waals surface area (Å²) in [5.41, 5.74) is 1.20. The molecule has 20 heavy (non-hydrogen) atoms. The van der Waals surface area contributed by atoms with Gasteiger partial charge >= 0.3 is 0 Å². The van der Waals surface area contributed by atoms with Gasteiger partial charge in [0.25, 0.3) is 0 Å². The topological polar surface area (TPSA) is 30.3 Å². The lowest BCUT2D eigenvalue weighted by Gasteiger charge is -2.20. The van der Waals surface area contributed by atoms with E-state index in [0.29, 0.717) is 11.6 Å². The van der Waals surface area contributed by atoms with Crippen LogP contribution in [0, 0.1) is 0 Å². The zero-order valence-electron chi connectivity index (χ0n) is 11.9. The first-order valence-electron chi connectivity index (χ1n) is 6.77. The lowest BCUT2D eigenvalue weighted by atomic mass is 10.3. The van der Waals surface area contributed by atoms with Gasteiger partial charge in [0.1, 0.15) is 12.4 Å². The lowest BCUT2D eigenvalue weighted by molar-refractivity contribution is 0.206. The molecular weight excluding hydrogens is 274 g/mol. The van der Waals surface area contributed by atoms with E-state index >= 15 is 0 Å². The minimum atomic E-state index is 0.620. The van der Waals surface area contributed by atoms with Crippen molar-refractivity contribution in [3.63, 3.8) is 0 Å². The molecule has 2 aromatic rings. The quantitative estimate of drug-likeness (QED) is 0.786. The molecule has 5 heteroatoms. The average Bonchev–Trinajstić information content (AvgIpc) is 2.85. The number of rotatable bonds is 7. The van der Waals surface area contributed by atoms with Gasteiger partial charge in [-0.1, -0.05) is 30.7 Å². The van der Waals surface area contributed by atoms with Crippen LogP contribution >= 0.6 is 11.6 Å². The SMILES string of the molecule is CCN(CCOc1ccccc1Cl)Cc1ccnn1C. The van der Waals surface area contributed by atoms with E-state index < -0.39 is 0 Å². The molecule has 0 aliphatic heterocycles. The van der Waals surface area contributed by atoms with E-state index in [2.05, 4.69) is 16.9 Å². The Labute approximate surface area is 124 Å². The third kappa shape index (κ3) is 3.99. The van der Waals surface area contributed by atoms with Crippen LogP contribution in [-0.4, -0.2) is 34.4 Å². The van der Waals surface area contributed by atoms with Crippen molar-refractivity contribution >= 4 is 11.6 Å². The first-order chi connectivity index (χ1) is 9.70. The second-order valence-electron chi connectivity index (χ2n) is 4.59. The van der Waals surface area contributed by atoms with Crippen LogP contribution in [0.4, 0.5) is 0 Å². The molecule has 108 valence electrons. The monoisotopic (exact) mass is 293 g/mol. The average molecular weight is 294 g/mol. The van der Waals surface area contributed by atoms with Crippen LogP contribution in [0.25, 0.3) is 0 Å². The number of aryl methyl sites for hydroxylation is 1. The number of hydrogen-bond donors (Lipinski definition) is 0. The normalized spacial score (nSPS) is 11.0. The lowest BCUT2D eigenvalue weighted by Crippen LogP contribution is -2.28. The van der Waals surface area contributed by atoms with E-state index in [0.717, 1.165) is 25.4 Å². The number of benzene rings is 1. The highest BCUT2D eigenvalue weighted by atomic mass is 35.5. The molecule has 0 saturated carbocycles. The fraction of sp³-hybridized carbons (Fsp3) is 0.400. The van der Waals surface area contributed by atoms with Gasteiger partial charge < -0.3 is 4.74 Å². The van der Waals surface area contributed by atoms with Gasteiger partial charge in [-0.15, -0.1) is 0 Å². The molecule has 0 bridgehead atoms. The minimum absolute atomic E-state index is 0.620. The van der Waals surface area contributed by atoms with Crippen molar-refractivity contribution in [1.29, 1.82) is 0 Å². The zero-order chi connectivity index (χ0) is 14.4. The van der Waals surface area contributed by atoms with E-state index in [-0.39, 0.29) is 0 Å². The summed E-state index contributed by atoms with van der Waals surface area (Å²) in [6, 6.07) is 9.59. The summed E-state index contributed by atoms with van der Waals surface area (Å²) in [4.78, 5) is 2.31. The predicted molar refractivity (Wildman–Crippen MR) is 81.1 cm³/mol. The van der Waals surface area contributed by atoms with Crippen molar-refractivity contribution in [2.24, 2.45) is 7.05 Å². The molecule has 0 spiro atoms. The Bertz CT molecular complexity index is 541. The summed E-state index contributed by atoms with van der Waals surface area (Å²) < 4.78 is 7.62. The number of halogens is 1. The van der Waals surface area contributed by atoms with E-state index in [1.807, 2.05) is 48.3 Å². The Hall–Kier alpha value is -1.52. The highest BCUT2D eigenvalue weighted by Gasteiger charge is 2.07. The summed E-state index contributed by atoms with van der Waals surface area (Å²) in [5, 5.41) is 4.84. The van der Waals surface area contributed by atoms with Gasteiger partial charge in [0.2, 0.25) is 0 Å². The largest absolute Gasteiger partial charge is 0.491 e. The Morgan fingerprint density at radius 1 is 1.30 bits per heavy atom. The smallest absolute Gasteiger partial charge is 0.137 e. The Balaban J connectivity index is 1.82. The molecule has 1 heterocycles. The number of nitrogens with zero attached hydrogens (tertiary/aromatic N) is 3. The van der Waals surface area contributed by atoms with Crippen molar-refractivity contribution < 1.29 is 4.74 Å². The molecule has 2 rings (SSSR count). The second kappa shape index (κ2) is 7.31. The van der Waals surface area contributed by atoms with Crippen molar-refractivity contribution in [2.75, 3.05) is 19.7 Å². The molecule has 4 nitrogen and oxygen atoms in total. The van der Waals surface area contributed by atoms with Gasteiger partial charge in [-0.3, -0.25) is 9.58 Å². The summed E-state index contributed by atoms with van der Waals surface area (Å²) in [6.45, 7) is 5.46. The fourth-order valence-electron chi connectivity index (χ4n) is 1.98. The van der Waals surface area contributed by atoms with Crippen LogP contribution in [0.15, 0.2) is 36.5 Å². The minimum Gasteiger partial charge on any atom is -0.491 e. The van der Waals surface area contributed by atoms with Crippen LogP contribution in [-0.2, 0) is 13.6 Å². The van der Waals surface area contributed by atoms with Gasteiger partial charge in [-0.25, -0.2) is 0 Å². The van der Waals surface area contributed by atoms with E-state index in [1.54, 1.807) is 0 Å². The molecule has 0 amide bonds. The molecule has 0 aliphatic rings. The number of aromatic nitrogens is 2. The molecule has 0 radical (unpaired) electrons. The maximum absolute atomic E-state index is 6.06. The number of likely N-dealkylation sites (N-methyl/N-ethyl adjacent to an activating group) is 1. The van der Waals surface area contributed by atoms with Gasteiger partial charge in [0, 0.05) is 26.3 Å². The molecule has 0 saturated heterocycles. The zero-order valence-corrected chi connectivity index (χ0v) is 12.7. The standard InChI is InChI=1S/C15H20ClN3O/c1-3-19(12-13-8-9-17-18(13)2)10-11-20-15-7-5-4-6-14(15)16/h4-9H,3,10-12H2,1-2H3. The molecule has 1 aromatic heterocycles. The van der Waals surface area contributed by atoms with Crippen LogP contribution in [0.3, 0.4) is 0 Å². The van der Waals surface area contributed by atoms with Gasteiger partial charge in [0.15, 0.2) is 0 Å². The molecule has 0 atom stereocenters. The second-order valence-corrected chi connectivity index (χ2v) is 5.00. The molecule has 0 unspecified atom stereocenters. The van der Waals surface area contributed by atoms with Crippen molar-refractivity contribution in [1.82, 2.24) is 14.7 Å². The maximum atomic E-state index is 6.06. The fourth-order valence-corrected chi connectivity index (χ4v) is 2.17. The highest BCUT2D eigenvalue weighted by Crippen LogP contribution is 2.22. The predicted octanol–water partition coefficient (Wildman–Crippen LogP) is 2.97. The van der Waals surface area contributed by atoms with Crippen LogP contribution < -0.4 is 4.74 Å². The highest BCUT2D eigenvalue weighted by molar-refractivity contribution is 6.32. The summed E-state index contributed by atoms with van der Waals surface area (Å²) >= 11 is 6.06. The van der Waals surface area contributed by atoms with Gasteiger partial charge in [-0.2, -0.15) is 5.10 Å². The third-order valence-electron chi connectivity index (χ3n) is 3.26. The van der Waals surface area contributed by atoms with Gasteiger partial charge in [-0.05, 0) is 24.7 Å². The first kappa shape index (κ1) is 14.9. The summed E-state index contributed by atoms with van der Waals surface area (Å²) in [6.07, 6.45) is 1.82. The molecule has 0 N–H and O–H groups in total. The van der Waals surface area contributed by atoms with Crippen LogP contribution in [0.5, 0.6) is 5.75 Å². The van der Waals surface area contributed by atoms with E-state index in [1.165, 1.54) is 5.69 Å². The van der Waals surface area contributed by atoms with Gasteiger partial charge in [0.05, 0.1) is 10.7 Å². The van der Waals surface area contributed by atoms with E-state index in [4.69, 9.17) is 16.3 Å². The Morgan fingerprint density at radius 3 is 2.75 bits per heavy atom. The van der Waals surface area contributed by atoms with Crippen molar-refractivity contribution in [3.05, 3.63) is 47.2 Å². The van der Waals surface area contributed by atoms with Crippen LogP contribution in [0.2, 0.25) is 5.02 Å². The number of para-hydroxylation sites is 1. The molecule has 1 aromatic carbocycles. The third-order valence-corrected chi connectivity index (χ3v) is 3.57. The maximum Gasteiger partial charge on any atom is 0.137 e. The van der Waals surface area contributed by atoms with Crippen molar-refractivity contribution in [2.45, 2.75) is 13.5 Å². The summed E-state index contributed by atoms with van der Waals surface area (Å²) in [7, 11) is 1.96. The Kier molecular flexibility index (Phi) is 5.44.